The van der Waals surface area contributed by atoms with Gasteiger partial charge in [-0.05, 0) is 36.6 Å². The summed E-state index contributed by atoms with van der Waals surface area (Å²) in [5.74, 6) is 0.927. The number of amides is 1. The molecule has 1 aliphatic rings. The van der Waals surface area contributed by atoms with Crippen LogP contribution in [0.1, 0.15) is 30.0 Å². The zero-order chi connectivity index (χ0) is 20.8. The lowest BCUT2D eigenvalue weighted by atomic mass is 9.94. The second-order valence-electron chi connectivity index (χ2n) is 7.35. The second kappa shape index (κ2) is 9.39. The summed E-state index contributed by atoms with van der Waals surface area (Å²) in [5.41, 5.74) is 3.67. The summed E-state index contributed by atoms with van der Waals surface area (Å²) in [6, 6.07) is 19.5. The molecule has 0 radical (unpaired) electrons. The molecule has 1 amide bonds. The summed E-state index contributed by atoms with van der Waals surface area (Å²) >= 11 is 0. The maximum Gasteiger partial charge on any atom is 0.410 e. The maximum atomic E-state index is 12.6. The van der Waals surface area contributed by atoms with Crippen LogP contribution >= 0.6 is 0 Å². The van der Waals surface area contributed by atoms with Crippen molar-refractivity contribution in [1.82, 2.24) is 14.9 Å². The topological polar surface area (TPSA) is 64.5 Å². The van der Waals surface area contributed by atoms with Crippen LogP contribution in [0.4, 0.5) is 4.79 Å². The van der Waals surface area contributed by atoms with E-state index < -0.39 is 0 Å². The lowest BCUT2D eigenvalue weighted by molar-refractivity contribution is 0.0856. The summed E-state index contributed by atoms with van der Waals surface area (Å²) in [7, 11) is 1.65. The van der Waals surface area contributed by atoms with E-state index in [1.165, 1.54) is 0 Å². The number of benzene rings is 2. The minimum absolute atomic E-state index is 0.152. The Morgan fingerprint density at radius 1 is 1.10 bits per heavy atom. The van der Waals surface area contributed by atoms with Crippen LogP contribution in [0.2, 0.25) is 0 Å². The first-order valence-electron chi connectivity index (χ1n) is 10.2. The third-order valence-corrected chi connectivity index (χ3v) is 5.37. The van der Waals surface area contributed by atoms with Crippen molar-refractivity contribution in [2.45, 2.75) is 25.4 Å². The van der Waals surface area contributed by atoms with Gasteiger partial charge in [-0.2, -0.15) is 0 Å². The van der Waals surface area contributed by atoms with Crippen LogP contribution in [0.3, 0.4) is 0 Å². The van der Waals surface area contributed by atoms with E-state index >= 15 is 0 Å². The quantitative estimate of drug-likeness (QED) is 0.619. The smallest absolute Gasteiger partial charge is 0.410 e. The highest BCUT2D eigenvalue weighted by molar-refractivity contribution is 5.68. The van der Waals surface area contributed by atoms with Crippen molar-refractivity contribution in [2.75, 3.05) is 20.2 Å². The molecule has 0 spiro atoms. The molecule has 30 heavy (non-hydrogen) atoms. The number of likely N-dealkylation sites (tertiary alicyclic amines) is 1. The van der Waals surface area contributed by atoms with E-state index in [2.05, 4.69) is 9.97 Å². The Morgan fingerprint density at radius 3 is 2.73 bits per heavy atom. The number of aromatic nitrogens is 2. The minimum Gasteiger partial charge on any atom is -0.496 e. The van der Waals surface area contributed by atoms with Gasteiger partial charge in [0.15, 0.2) is 0 Å². The van der Waals surface area contributed by atoms with Gasteiger partial charge < -0.3 is 14.4 Å². The molecule has 1 fully saturated rings. The number of piperidine rings is 1. The number of para-hydroxylation sites is 1. The van der Waals surface area contributed by atoms with Crippen molar-refractivity contribution in [3.8, 4) is 17.0 Å². The van der Waals surface area contributed by atoms with Crippen LogP contribution in [0.25, 0.3) is 11.3 Å². The molecule has 6 nitrogen and oxygen atoms in total. The molecule has 0 saturated carbocycles. The fourth-order valence-corrected chi connectivity index (χ4v) is 3.79. The second-order valence-corrected chi connectivity index (χ2v) is 7.35. The van der Waals surface area contributed by atoms with E-state index in [9.17, 15) is 4.79 Å². The first-order chi connectivity index (χ1) is 14.7. The number of hydrogen-bond acceptors (Lipinski definition) is 5. The largest absolute Gasteiger partial charge is 0.496 e. The Balaban J connectivity index is 1.45. The Kier molecular flexibility index (Phi) is 6.23. The molecule has 6 heteroatoms. The van der Waals surface area contributed by atoms with E-state index in [1.54, 1.807) is 18.3 Å². The highest BCUT2D eigenvalue weighted by Crippen LogP contribution is 2.31. The zero-order valence-corrected chi connectivity index (χ0v) is 17.0. The lowest BCUT2D eigenvalue weighted by Gasteiger charge is -2.31. The van der Waals surface area contributed by atoms with Crippen LogP contribution in [-0.2, 0) is 11.3 Å². The molecule has 1 atom stereocenters. The molecule has 154 valence electrons. The summed E-state index contributed by atoms with van der Waals surface area (Å²) < 4.78 is 11.0. The van der Waals surface area contributed by atoms with Crippen molar-refractivity contribution in [1.29, 1.82) is 0 Å². The summed E-state index contributed by atoms with van der Waals surface area (Å²) in [6.45, 7) is 1.58. The molecule has 0 N–H and O–H groups in total. The summed E-state index contributed by atoms with van der Waals surface area (Å²) in [6.07, 6.45) is 3.20. The Labute approximate surface area is 176 Å². The van der Waals surface area contributed by atoms with Gasteiger partial charge in [0.2, 0.25) is 0 Å². The van der Waals surface area contributed by atoms with E-state index in [0.717, 1.165) is 41.1 Å². The molecule has 0 bridgehead atoms. The Bertz CT molecular complexity index is 994. The number of rotatable bonds is 5. The third-order valence-electron chi connectivity index (χ3n) is 5.37. The molecular weight excluding hydrogens is 378 g/mol. The van der Waals surface area contributed by atoms with Crippen molar-refractivity contribution >= 4 is 6.09 Å². The average Bonchev–Trinajstić information content (AvgIpc) is 2.83. The number of ether oxygens (including phenoxy) is 2. The number of hydrogen-bond donors (Lipinski definition) is 0. The maximum absolute atomic E-state index is 12.6. The molecule has 3 aromatic rings. The molecule has 1 unspecified atom stereocenters. The predicted octanol–water partition coefficient (Wildman–Crippen LogP) is 4.67. The van der Waals surface area contributed by atoms with Gasteiger partial charge in [-0.3, -0.25) is 0 Å². The molecule has 1 aliphatic heterocycles. The van der Waals surface area contributed by atoms with E-state index in [4.69, 9.17) is 9.47 Å². The number of methoxy groups -OCH3 is 1. The van der Waals surface area contributed by atoms with Crippen molar-refractivity contribution in [3.05, 3.63) is 78.2 Å². The SMILES string of the molecule is COc1ccccc1-c1cc(C2CCCN(C(=O)OCc3ccccc3)C2)ncn1. The number of nitrogens with zero attached hydrogens (tertiary/aromatic N) is 3. The lowest BCUT2D eigenvalue weighted by Crippen LogP contribution is -2.39. The molecule has 4 rings (SSSR count). The number of carbonyl (C=O) groups is 1. The Hall–Kier alpha value is -3.41. The van der Waals surface area contributed by atoms with Gasteiger partial charge >= 0.3 is 6.09 Å². The van der Waals surface area contributed by atoms with Crippen LogP contribution in [0.15, 0.2) is 67.0 Å². The van der Waals surface area contributed by atoms with E-state index in [-0.39, 0.29) is 18.6 Å². The highest BCUT2D eigenvalue weighted by atomic mass is 16.6. The Morgan fingerprint density at radius 2 is 1.90 bits per heavy atom. The van der Waals surface area contributed by atoms with Gasteiger partial charge in [-0.25, -0.2) is 14.8 Å². The van der Waals surface area contributed by atoms with Crippen molar-refractivity contribution < 1.29 is 14.3 Å². The summed E-state index contributed by atoms with van der Waals surface area (Å²) in [4.78, 5) is 23.3. The normalized spacial score (nSPS) is 16.2. The van der Waals surface area contributed by atoms with Crippen molar-refractivity contribution in [2.24, 2.45) is 0 Å². The zero-order valence-electron chi connectivity index (χ0n) is 17.0. The summed E-state index contributed by atoms with van der Waals surface area (Å²) in [5, 5.41) is 0. The molecule has 2 heterocycles. The first kappa shape index (κ1) is 19.9. The molecule has 1 saturated heterocycles. The molecular formula is C24H25N3O3. The van der Waals surface area contributed by atoms with Gasteiger partial charge in [0, 0.05) is 30.3 Å². The van der Waals surface area contributed by atoms with Crippen LogP contribution in [-0.4, -0.2) is 41.2 Å². The van der Waals surface area contributed by atoms with Crippen molar-refractivity contribution in [3.63, 3.8) is 0 Å². The van der Waals surface area contributed by atoms with Gasteiger partial charge in [0.05, 0.1) is 12.8 Å². The van der Waals surface area contributed by atoms with Crippen LogP contribution in [0.5, 0.6) is 5.75 Å². The predicted molar refractivity (Wildman–Crippen MR) is 114 cm³/mol. The monoisotopic (exact) mass is 403 g/mol. The minimum atomic E-state index is -0.275. The fourth-order valence-electron chi connectivity index (χ4n) is 3.79. The third kappa shape index (κ3) is 4.59. The van der Waals surface area contributed by atoms with Gasteiger partial charge in [-0.15, -0.1) is 0 Å². The first-order valence-corrected chi connectivity index (χ1v) is 10.2. The standard InChI is InChI=1S/C24H25N3O3/c1-29-23-12-6-5-11-20(23)22-14-21(25-17-26-22)19-10-7-13-27(15-19)24(28)30-16-18-8-3-2-4-9-18/h2-6,8-9,11-12,14,17,19H,7,10,13,15-16H2,1H3. The van der Waals surface area contributed by atoms with Crippen LogP contribution in [0, 0.1) is 0 Å². The van der Waals surface area contributed by atoms with E-state index in [0.29, 0.717) is 13.1 Å². The molecule has 2 aromatic carbocycles. The molecule has 0 aliphatic carbocycles. The van der Waals surface area contributed by atoms with E-state index in [1.807, 2.05) is 60.7 Å². The van der Waals surface area contributed by atoms with Gasteiger partial charge in [0.25, 0.3) is 0 Å². The van der Waals surface area contributed by atoms with Gasteiger partial charge in [0.1, 0.15) is 18.7 Å². The molecule has 1 aromatic heterocycles. The number of carbonyl (C=O) groups excluding carboxylic acids is 1. The highest BCUT2D eigenvalue weighted by Gasteiger charge is 2.27. The fraction of sp³-hybridized carbons (Fsp3) is 0.292. The van der Waals surface area contributed by atoms with Gasteiger partial charge in [-0.1, -0.05) is 42.5 Å². The van der Waals surface area contributed by atoms with Crippen LogP contribution < -0.4 is 4.74 Å². The average molecular weight is 403 g/mol.